The molecule has 2 rings (SSSR count). The second-order valence-electron chi connectivity index (χ2n) is 4.51. The lowest BCUT2D eigenvalue weighted by Crippen LogP contribution is -2.25. The molecule has 1 aromatic carbocycles. The van der Waals surface area contributed by atoms with E-state index in [-0.39, 0.29) is 6.04 Å². The smallest absolute Gasteiger partial charge is 0.131 e. The number of hydrogen-bond acceptors (Lipinski definition) is 5. The molecule has 1 atom stereocenters. The van der Waals surface area contributed by atoms with Gasteiger partial charge in [-0.25, -0.2) is 9.97 Å². The van der Waals surface area contributed by atoms with Crippen LogP contribution in [0.3, 0.4) is 0 Å². The molecular formula is C14H18BrN5. The van der Waals surface area contributed by atoms with Crippen molar-refractivity contribution in [2.75, 3.05) is 17.2 Å². The van der Waals surface area contributed by atoms with Crippen LogP contribution in [0.5, 0.6) is 0 Å². The molecule has 0 fully saturated rings. The van der Waals surface area contributed by atoms with Crippen molar-refractivity contribution in [3.63, 3.8) is 0 Å². The van der Waals surface area contributed by atoms with Crippen molar-refractivity contribution in [3.8, 4) is 0 Å². The molecule has 106 valence electrons. The van der Waals surface area contributed by atoms with Gasteiger partial charge in [0.05, 0.1) is 0 Å². The van der Waals surface area contributed by atoms with Crippen LogP contribution in [0.2, 0.25) is 0 Å². The van der Waals surface area contributed by atoms with E-state index in [0.717, 1.165) is 16.1 Å². The molecule has 0 aliphatic rings. The number of anilines is 2. The maximum Gasteiger partial charge on any atom is 0.131 e. The highest BCUT2D eigenvalue weighted by atomic mass is 79.9. The standard InChI is InChI=1S/C14H18BrN5/c1-10(7-16)20-14-6-13(18-9-19-14)17-8-11-4-2-3-5-12(11)15/h2-6,9-10H,7-8,16H2,1H3,(H2,17,18,19,20). The Morgan fingerprint density at radius 1 is 1.25 bits per heavy atom. The van der Waals surface area contributed by atoms with E-state index >= 15 is 0 Å². The number of aromatic nitrogens is 2. The third kappa shape index (κ3) is 4.18. The van der Waals surface area contributed by atoms with Crippen molar-refractivity contribution in [1.82, 2.24) is 9.97 Å². The molecule has 1 aromatic heterocycles. The third-order valence-corrected chi connectivity index (χ3v) is 3.61. The first kappa shape index (κ1) is 14.7. The lowest BCUT2D eigenvalue weighted by atomic mass is 10.2. The summed E-state index contributed by atoms with van der Waals surface area (Å²) in [6.07, 6.45) is 1.54. The number of rotatable bonds is 6. The molecule has 0 amide bonds. The van der Waals surface area contributed by atoms with Gasteiger partial charge in [-0.15, -0.1) is 0 Å². The fourth-order valence-corrected chi connectivity index (χ4v) is 2.10. The van der Waals surface area contributed by atoms with Crippen molar-refractivity contribution >= 4 is 27.6 Å². The molecule has 0 spiro atoms. The molecule has 2 aromatic rings. The van der Waals surface area contributed by atoms with Gasteiger partial charge in [-0.1, -0.05) is 34.1 Å². The maximum atomic E-state index is 5.58. The van der Waals surface area contributed by atoms with Gasteiger partial charge < -0.3 is 16.4 Å². The van der Waals surface area contributed by atoms with Crippen molar-refractivity contribution in [2.45, 2.75) is 19.5 Å². The van der Waals surface area contributed by atoms with Crippen LogP contribution < -0.4 is 16.4 Å². The minimum Gasteiger partial charge on any atom is -0.366 e. The van der Waals surface area contributed by atoms with Gasteiger partial charge in [0.25, 0.3) is 0 Å². The van der Waals surface area contributed by atoms with Gasteiger partial charge in [0.2, 0.25) is 0 Å². The minimum atomic E-state index is 0.181. The molecule has 5 nitrogen and oxygen atoms in total. The van der Waals surface area contributed by atoms with Crippen molar-refractivity contribution in [1.29, 1.82) is 0 Å². The Bertz CT molecular complexity index is 561. The summed E-state index contributed by atoms with van der Waals surface area (Å²) in [7, 11) is 0. The Kier molecular flexibility index (Phi) is 5.31. The van der Waals surface area contributed by atoms with E-state index < -0.39 is 0 Å². The highest BCUT2D eigenvalue weighted by Gasteiger charge is 2.03. The predicted octanol–water partition coefficient (Wildman–Crippen LogP) is 2.61. The van der Waals surface area contributed by atoms with Gasteiger partial charge in [-0.05, 0) is 18.6 Å². The van der Waals surface area contributed by atoms with Crippen LogP contribution in [0.15, 0.2) is 41.1 Å². The Morgan fingerprint density at radius 2 is 2.00 bits per heavy atom. The van der Waals surface area contributed by atoms with E-state index in [1.807, 2.05) is 31.2 Å². The molecule has 0 bridgehead atoms. The average Bonchev–Trinajstić information content (AvgIpc) is 2.47. The van der Waals surface area contributed by atoms with Crippen molar-refractivity contribution < 1.29 is 0 Å². The molecule has 1 unspecified atom stereocenters. The summed E-state index contributed by atoms with van der Waals surface area (Å²) in [4.78, 5) is 8.38. The van der Waals surface area contributed by atoms with Gasteiger partial charge in [0.15, 0.2) is 0 Å². The zero-order valence-electron chi connectivity index (χ0n) is 11.3. The zero-order chi connectivity index (χ0) is 14.4. The van der Waals surface area contributed by atoms with Crippen LogP contribution in [-0.4, -0.2) is 22.6 Å². The van der Waals surface area contributed by atoms with Gasteiger partial charge >= 0.3 is 0 Å². The molecule has 0 saturated carbocycles. The highest BCUT2D eigenvalue weighted by molar-refractivity contribution is 9.10. The quantitative estimate of drug-likeness (QED) is 0.756. The summed E-state index contributed by atoms with van der Waals surface area (Å²) in [5, 5.41) is 6.50. The average molecular weight is 336 g/mol. The van der Waals surface area contributed by atoms with Gasteiger partial charge in [-0.3, -0.25) is 0 Å². The summed E-state index contributed by atoms with van der Waals surface area (Å²) in [6.45, 7) is 3.27. The first-order chi connectivity index (χ1) is 9.69. The summed E-state index contributed by atoms with van der Waals surface area (Å²) >= 11 is 3.53. The van der Waals surface area contributed by atoms with E-state index in [9.17, 15) is 0 Å². The van der Waals surface area contributed by atoms with Crippen LogP contribution in [0.25, 0.3) is 0 Å². The molecule has 0 aliphatic heterocycles. The number of benzene rings is 1. The van der Waals surface area contributed by atoms with E-state index in [0.29, 0.717) is 13.1 Å². The number of nitrogens with zero attached hydrogens (tertiary/aromatic N) is 2. The monoisotopic (exact) mass is 335 g/mol. The highest BCUT2D eigenvalue weighted by Crippen LogP contribution is 2.17. The van der Waals surface area contributed by atoms with Gasteiger partial charge in [-0.2, -0.15) is 0 Å². The fraction of sp³-hybridized carbons (Fsp3) is 0.286. The van der Waals surface area contributed by atoms with Crippen molar-refractivity contribution in [3.05, 3.63) is 46.7 Å². The molecule has 0 aliphatic carbocycles. The number of nitrogens with two attached hydrogens (primary N) is 1. The molecular weight excluding hydrogens is 318 g/mol. The van der Waals surface area contributed by atoms with Crippen LogP contribution in [0.4, 0.5) is 11.6 Å². The largest absolute Gasteiger partial charge is 0.366 e. The Balaban J connectivity index is 2.00. The third-order valence-electron chi connectivity index (χ3n) is 2.83. The SMILES string of the molecule is CC(CN)Nc1cc(NCc2ccccc2Br)ncn1. The van der Waals surface area contributed by atoms with E-state index in [4.69, 9.17) is 5.73 Å². The molecule has 20 heavy (non-hydrogen) atoms. The summed E-state index contributed by atoms with van der Waals surface area (Å²) in [5.74, 6) is 1.55. The van der Waals surface area contributed by atoms with Crippen LogP contribution in [0.1, 0.15) is 12.5 Å². The first-order valence-electron chi connectivity index (χ1n) is 6.45. The Hall–Kier alpha value is -1.66. The van der Waals surface area contributed by atoms with E-state index in [1.54, 1.807) is 0 Å². The zero-order valence-corrected chi connectivity index (χ0v) is 12.9. The van der Waals surface area contributed by atoms with Gasteiger partial charge in [0, 0.05) is 29.7 Å². The lowest BCUT2D eigenvalue weighted by molar-refractivity contribution is 0.797. The Labute approximate surface area is 127 Å². The second-order valence-corrected chi connectivity index (χ2v) is 5.37. The maximum absolute atomic E-state index is 5.58. The molecule has 0 saturated heterocycles. The Morgan fingerprint density at radius 3 is 2.75 bits per heavy atom. The minimum absolute atomic E-state index is 0.181. The topological polar surface area (TPSA) is 75.9 Å². The number of halogens is 1. The van der Waals surface area contributed by atoms with Crippen LogP contribution in [-0.2, 0) is 6.54 Å². The predicted molar refractivity (Wildman–Crippen MR) is 85.6 cm³/mol. The fourth-order valence-electron chi connectivity index (χ4n) is 1.67. The second kappa shape index (κ2) is 7.21. The van der Waals surface area contributed by atoms with Gasteiger partial charge in [0.1, 0.15) is 18.0 Å². The first-order valence-corrected chi connectivity index (χ1v) is 7.24. The van der Waals surface area contributed by atoms with Crippen LogP contribution >= 0.6 is 15.9 Å². The number of nitrogens with one attached hydrogen (secondary N) is 2. The van der Waals surface area contributed by atoms with Crippen LogP contribution in [0, 0.1) is 0 Å². The molecule has 1 heterocycles. The normalized spacial score (nSPS) is 11.9. The lowest BCUT2D eigenvalue weighted by Gasteiger charge is -2.13. The number of hydrogen-bond donors (Lipinski definition) is 3. The van der Waals surface area contributed by atoms with Crippen molar-refractivity contribution in [2.24, 2.45) is 5.73 Å². The molecule has 0 radical (unpaired) electrons. The summed E-state index contributed by atoms with van der Waals surface area (Å²) in [5.41, 5.74) is 6.76. The molecule has 4 N–H and O–H groups in total. The van der Waals surface area contributed by atoms with E-state index in [2.05, 4.69) is 42.6 Å². The molecule has 6 heteroatoms. The summed E-state index contributed by atoms with van der Waals surface area (Å²) < 4.78 is 1.08. The van der Waals surface area contributed by atoms with E-state index in [1.165, 1.54) is 11.9 Å². The summed E-state index contributed by atoms with van der Waals surface area (Å²) in [6, 6.07) is 10.1.